The number of aldehydes is 1. The molecular formula is C20H26O3. The summed E-state index contributed by atoms with van der Waals surface area (Å²) in [6.07, 6.45) is 8.99. The van der Waals surface area contributed by atoms with E-state index in [0.29, 0.717) is 5.56 Å². The summed E-state index contributed by atoms with van der Waals surface area (Å²) in [5, 5.41) is 0. The van der Waals surface area contributed by atoms with Crippen LogP contribution < -0.4 is 4.74 Å². The second-order valence-electron chi connectivity index (χ2n) is 8.10. The van der Waals surface area contributed by atoms with Crippen molar-refractivity contribution in [3.8, 4) is 5.75 Å². The van der Waals surface area contributed by atoms with E-state index >= 15 is 0 Å². The van der Waals surface area contributed by atoms with E-state index in [1.54, 1.807) is 7.11 Å². The highest BCUT2D eigenvalue weighted by atomic mass is 16.7. The van der Waals surface area contributed by atoms with Crippen molar-refractivity contribution in [1.82, 2.24) is 0 Å². The van der Waals surface area contributed by atoms with Gasteiger partial charge in [-0.2, -0.15) is 0 Å². The summed E-state index contributed by atoms with van der Waals surface area (Å²) in [7, 11) is 1.62. The van der Waals surface area contributed by atoms with Gasteiger partial charge in [0.2, 0.25) is 0 Å². The van der Waals surface area contributed by atoms with E-state index in [2.05, 4.69) is 13.0 Å². The second kappa shape index (κ2) is 5.62. The molecule has 1 aromatic rings. The number of methoxy groups -OCH3 is 1. The number of carbonyl (C=O) groups excluding carboxylic acids is 1. The van der Waals surface area contributed by atoms with Crippen LogP contribution >= 0.6 is 0 Å². The second-order valence-corrected chi connectivity index (χ2v) is 8.10. The highest BCUT2D eigenvalue weighted by Gasteiger charge is 2.52. The van der Waals surface area contributed by atoms with E-state index in [1.807, 2.05) is 6.07 Å². The van der Waals surface area contributed by atoms with E-state index < -0.39 is 0 Å². The molecule has 3 nitrogen and oxygen atoms in total. The molecule has 4 saturated carbocycles. The van der Waals surface area contributed by atoms with Crippen LogP contribution in [0.15, 0.2) is 12.1 Å². The number of benzene rings is 1. The summed E-state index contributed by atoms with van der Waals surface area (Å²) in [5.41, 5.74) is 3.33. The van der Waals surface area contributed by atoms with E-state index in [4.69, 9.17) is 9.47 Å². The molecule has 1 aromatic carbocycles. The Kier molecular flexibility index (Phi) is 3.72. The van der Waals surface area contributed by atoms with Gasteiger partial charge in [-0.1, -0.05) is 6.07 Å². The molecule has 0 atom stereocenters. The van der Waals surface area contributed by atoms with Crippen LogP contribution in [0, 0.1) is 24.7 Å². The van der Waals surface area contributed by atoms with Gasteiger partial charge in [0.15, 0.2) is 13.1 Å². The monoisotopic (exact) mass is 314 g/mol. The van der Waals surface area contributed by atoms with Crippen LogP contribution in [0.3, 0.4) is 0 Å². The summed E-state index contributed by atoms with van der Waals surface area (Å²) >= 11 is 0. The smallest absolute Gasteiger partial charge is 0.188 e. The Bertz CT molecular complexity index is 584. The summed E-state index contributed by atoms with van der Waals surface area (Å²) < 4.78 is 11.0. The molecule has 4 aliphatic carbocycles. The summed E-state index contributed by atoms with van der Waals surface area (Å²) in [5.74, 6) is 3.39. The first-order valence-electron chi connectivity index (χ1n) is 8.85. The molecule has 0 spiro atoms. The molecule has 0 amide bonds. The molecule has 0 heterocycles. The maximum absolute atomic E-state index is 11.6. The quantitative estimate of drug-likeness (QED) is 0.602. The summed E-state index contributed by atoms with van der Waals surface area (Å²) in [4.78, 5) is 11.6. The Hall–Kier alpha value is -1.35. The van der Waals surface area contributed by atoms with Crippen molar-refractivity contribution < 1.29 is 14.3 Å². The predicted molar refractivity (Wildman–Crippen MR) is 88.9 cm³/mol. The molecule has 4 aliphatic rings. The van der Waals surface area contributed by atoms with E-state index in [1.165, 1.54) is 44.1 Å². The van der Waals surface area contributed by atoms with Crippen molar-refractivity contribution >= 4 is 6.29 Å². The highest BCUT2D eigenvalue weighted by molar-refractivity contribution is 5.81. The van der Waals surface area contributed by atoms with Crippen molar-refractivity contribution in [1.29, 1.82) is 0 Å². The maximum atomic E-state index is 11.6. The maximum Gasteiger partial charge on any atom is 0.188 e. The molecule has 0 aliphatic heterocycles. The lowest BCUT2D eigenvalue weighted by Gasteiger charge is -2.57. The van der Waals surface area contributed by atoms with Crippen molar-refractivity contribution in [3.63, 3.8) is 0 Å². The van der Waals surface area contributed by atoms with Gasteiger partial charge in [-0.15, -0.1) is 0 Å². The molecule has 4 fully saturated rings. The number of ether oxygens (including phenoxy) is 2. The predicted octanol–water partition coefficient (Wildman–Crippen LogP) is 4.26. The molecule has 0 N–H and O–H groups in total. The fourth-order valence-electron chi connectivity index (χ4n) is 6.00. The van der Waals surface area contributed by atoms with Gasteiger partial charge in [0, 0.05) is 12.7 Å². The number of hydrogen-bond acceptors (Lipinski definition) is 3. The van der Waals surface area contributed by atoms with E-state index in [9.17, 15) is 4.79 Å². The fourth-order valence-corrected chi connectivity index (χ4v) is 6.00. The van der Waals surface area contributed by atoms with Crippen molar-refractivity contribution in [2.24, 2.45) is 17.8 Å². The van der Waals surface area contributed by atoms with Crippen LogP contribution in [0.2, 0.25) is 0 Å². The van der Waals surface area contributed by atoms with Crippen LogP contribution in [0.25, 0.3) is 0 Å². The Morgan fingerprint density at radius 2 is 1.74 bits per heavy atom. The molecule has 5 rings (SSSR count). The van der Waals surface area contributed by atoms with Gasteiger partial charge in [-0.25, -0.2) is 0 Å². The summed E-state index contributed by atoms with van der Waals surface area (Å²) in [6, 6.07) is 4.20. The number of rotatable bonds is 5. The van der Waals surface area contributed by atoms with Gasteiger partial charge in [0.1, 0.15) is 5.75 Å². The van der Waals surface area contributed by atoms with E-state index in [-0.39, 0.29) is 12.2 Å². The summed E-state index contributed by atoms with van der Waals surface area (Å²) in [6.45, 7) is 2.28. The SMILES string of the molecule is COCOc1c(C=O)cc(C)cc1C12CC3CC(CC(C3)C1)C2. The Morgan fingerprint density at radius 1 is 1.13 bits per heavy atom. The van der Waals surface area contributed by atoms with Crippen LogP contribution in [-0.2, 0) is 10.2 Å². The third kappa shape index (κ3) is 2.50. The minimum atomic E-state index is 0.198. The first-order valence-corrected chi connectivity index (χ1v) is 8.85. The minimum absolute atomic E-state index is 0.198. The van der Waals surface area contributed by atoms with Gasteiger partial charge < -0.3 is 9.47 Å². The fraction of sp³-hybridized carbons (Fsp3) is 0.650. The standard InChI is InChI=1S/C20H26O3/c1-13-3-17(11-21)19(23-12-22-2)18(4-13)20-8-14-5-15(9-20)7-16(6-14)10-20/h3-4,11,14-16H,5-10,12H2,1-2H3. The van der Waals surface area contributed by atoms with Gasteiger partial charge >= 0.3 is 0 Å². The lowest BCUT2D eigenvalue weighted by Crippen LogP contribution is -2.48. The number of carbonyl (C=O) groups is 1. The van der Waals surface area contributed by atoms with Crippen LogP contribution in [0.1, 0.15) is 60.0 Å². The van der Waals surface area contributed by atoms with Crippen molar-refractivity contribution in [2.45, 2.75) is 50.9 Å². The van der Waals surface area contributed by atoms with Gasteiger partial charge in [-0.3, -0.25) is 4.79 Å². The highest BCUT2D eigenvalue weighted by Crippen LogP contribution is 2.62. The molecule has 0 saturated heterocycles. The molecule has 0 unspecified atom stereocenters. The largest absolute Gasteiger partial charge is 0.467 e. The molecule has 0 aromatic heterocycles. The van der Waals surface area contributed by atoms with Crippen LogP contribution in [0.5, 0.6) is 5.75 Å². The van der Waals surface area contributed by atoms with Gasteiger partial charge in [0.05, 0.1) is 5.56 Å². The average molecular weight is 314 g/mol. The zero-order valence-electron chi connectivity index (χ0n) is 14.1. The average Bonchev–Trinajstić information content (AvgIpc) is 2.51. The van der Waals surface area contributed by atoms with Gasteiger partial charge in [-0.05, 0) is 80.2 Å². The third-order valence-corrected chi connectivity index (χ3v) is 6.32. The topological polar surface area (TPSA) is 35.5 Å². The number of hydrogen-bond donors (Lipinski definition) is 0. The Morgan fingerprint density at radius 3 is 2.26 bits per heavy atom. The van der Waals surface area contributed by atoms with E-state index in [0.717, 1.165) is 35.4 Å². The Balaban J connectivity index is 1.81. The lowest BCUT2D eigenvalue weighted by atomic mass is 9.48. The molecular weight excluding hydrogens is 288 g/mol. The first kappa shape index (κ1) is 15.2. The molecule has 23 heavy (non-hydrogen) atoms. The first-order chi connectivity index (χ1) is 11.1. The zero-order valence-corrected chi connectivity index (χ0v) is 14.1. The zero-order chi connectivity index (χ0) is 16.0. The molecule has 3 heteroatoms. The normalized spacial score (nSPS) is 34.6. The Labute approximate surface area is 138 Å². The third-order valence-electron chi connectivity index (χ3n) is 6.32. The number of aryl methyl sites for hydroxylation is 1. The van der Waals surface area contributed by atoms with Crippen LogP contribution in [0.4, 0.5) is 0 Å². The molecule has 124 valence electrons. The molecule has 4 bridgehead atoms. The van der Waals surface area contributed by atoms with Gasteiger partial charge in [0.25, 0.3) is 0 Å². The van der Waals surface area contributed by atoms with Crippen molar-refractivity contribution in [2.75, 3.05) is 13.9 Å². The lowest BCUT2D eigenvalue weighted by molar-refractivity contribution is -0.00891. The molecule has 0 radical (unpaired) electrons. The minimum Gasteiger partial charge on any atom is -0.467 e. The van der Waals surface area contributed by atoms with Crippen molar-refractivity contribution in [3.05, 3.63) is 28.8 Å². The van der Waals surface area contributed by atoms with Crippen LogP contribution in [-0.4, -0.2) is 20.2 Å².